The number of hydrogen-bond donors (Lipinski definition) is 6. The second-order valence-corrected chi connectivity index (χ2v) is 19.5. The second-order valence-electron chi connectivity index (χ2n) is 13.7. The number of amides is 7. The Morgan fingerprint density at radius 2 is 1.38 bits per heavy atom. The molecule has 0 bridgehead atoms. The minimum Gasteiger partial charge on any atom is -0.368 e. The lowest BCUT2D eigenvalue weighted by molar-refractivity contribution is -0.137. The van der Waals surface area contributed by atoms with Crippen LogP contribution < -0.4 is 32.3 Å². The van der Waals surface area contributed by atoms with Crippen molar-refractivity contribution >= 4 is 61.3 Å². The fourth-order valence-electron chi connectivity index (χ4n) is 5.95. The molecular formula is C36H51N7O7SSi. The third-order valence-electron chi connectivity index (χ3n) is 8.59. The summed E-state index contributed by atoms with van der Waals surface area (Å²) < 4.78 is 1.47. The lowest BCUT2D eigenvalue weighted by atomic mass is 10.0. The fraction of sp³-hybridized carbons (Fsp3) is 0.472. The first-order valence-electron chi connectivity index (χ1n) is 17.3. The molecule has 1 saturated heterocycles. The van der Waals surface area contributed by atoms with E-state index < -0.39 is 80.4 Å². The number of hydrogen-bond acceptors (Lipinski definition) is 8. The minimum absolute atomic E-state index is 0.0817. The largest absolute Gasteiger partial charge is 0.368 e. The molecule has 14 nitrogen and oxygen atoms in total. The van der Waals surface area contributed by atoms with Gasteiger partial charge in [-0.3, -0.25) is 33.6 Å². The van der Waals surface area contributed by atoms with Gasteiger partial charge >= 0.3 is 0 Å². The summed E-state index contributed by atoms with van der Waals surface area (Å²) in [7, 11) is -2.53. The van der Waals surface area contributed by atoms with Crippen LogP contribution in [0.15, 0.2) is 60.7 Å². The Kier molecular flexibility index (Phi) is 15.9. The molecule has 52 heavy (non-hydrogen) atoms. The van der Waals surface area contributed by atoms with Crippen molar-refractivity contribution < 1.29 is 33.6 Å². The Morgan fingerprint density at radius 1 is 0.846 bits per heavy atom. The minimum atomic E-state index is -2.53. The third-order valence-corrected chi connectivity index (χ3v) is 11.3. The van der Waals surface area contributed by atoms with Gasteiger partial charge in [0.15, 0.2) is 8.24 Å². The Bertz CT molecular complexity index is 1580. The fourth-order valence-corrected chi connectivity index (χ4v) is 8.52. The average Bonchev–Trinajstić information content (AvgIpc) is 3.54. The topological polar surface area (TPSA) is 209 Å². The standard InChI is InChI=1S/C36H51N7O7SSi/c1-23(33(47)40-26(32(37)46)18-19-51-2)43(52(3,4)5)31(45)22-38-34(48)28(20-24-12-8-6-9-13-24)41-36(50)29(21-25-14-10-7-11-15-25)42-35(49)27-16-17-30(44)39-27/h6-15,23,26-29H,16-22H2,1-5H3,(H2,37,46)(H,38,48)(H,39,44)(H,40,47)(H,41,50)(H,42,49)/t23-,26-,27-,28-,29-/m0/s1. The molecule has 1 fully saturated rings. The van der Waals surface area contributed by atoms with Crippen LogP contribution in [-0.4, -0.2) is 103 Å². The van der Waals surface area contributed by atoms with E-state index in [0.717, 1.165) is 11.1 Å². The molecule has 7 N–H and O–H groups in total. The smallest absolute Gasteiger partial charge is 0.243 e. The molecule has 1 heterocycles. The molecule has 0 saturated carbocycles. The lowest BCUT2D eigenvalue weighted by Gasteiger charge is -2.39. The third kappa shape index (κ3) is 12.8. The van der Waals surface area contributed by atoms with Crippen molar-refractivity contribution in [2.24, 2.45) is 5.73 Å². The molecule has 2 aromatic carbocycles. The molecule has 1 aliphatic rings. The highest BCUT2D eigenvalue weighted by molar-refractivity contribution is 7.98. The van der Waals surface area contributed by atoms with E-state index in [2.05, 4.69) is 26.6 Å². The summed E-state index contributed by atoms with van der Waals surface area (Å²) in [5, 5.41) is 13.5. The highest BCUT2D eigenvalue weighted by Gasteiger charge is 2.38. The van der Waals surface area contributed by atoms with Gasteiger partial charge in [-0.15, -0.1) is 0 Å². The predicted octanol–water partition coefficient (Wildman–Crippen LogP) is 0.611. The zero-order valence-corrected chi connectivity index (χ0v) is 32.2. The van der Waals surface area contributed by atoms with E-state index in [0.29, 0.717) is 18.6 Å². The summed E-state index contributed by atoms with van der Waals surface area (Å²) >= 11 is 1.51. The van der Waals surface area contributed by atoms with E-state index in [1.54, 1.807) is 31.2 Å². The van der Waals surface area contributed by atoms with Crippen molar-refractivity contribution in [2.45, 2.75) is 88.9 Å². The van der Waals surface area contributed by atoms with E-state index in [-0.39, 0.29) is 25.2 Å². The molecule has 7 amide bonds. The maximum Gasteiger partial charge on any atom is 0.243 e. The normalized spacial score (nSPS) is 16.3. The van der Waals surface area contributed by atoms with Crippen molar-refractivity contribution in [3.63, 3.8) is 0 Å². The first-order valence-corrected chi connectivity index (χ1v) is 22.1. The number of carbonyl (C=O) groups is 7. The molecule has 3 rings (SSSR count). The van der Waals surface area contributed by atoms with Crippen LogP contribution in [0.25, 0.3) is 0 Å². The van der Waals surface area contributed by atoms with Crippen LogP contribution >= 0.6 is 11.8 Å². The van der Waals surface area contributed by atoms with Crippen LogP contribution in [0.1, 0.15) is 37.3 Å². The number of nitrogens with one attached hydrogen (secondary N) is 5. The summed E-state index contributed by atoms with van der Waals surface area (Å²) in [5.74, 6) is -3.13. The van der Waals surface area contributed by atoms with Gasteiger partial charge in [-0.05, 0) is 42.9 Å². The van der Waals surface area contributed by atoms with E-state index in [9.17, 15) is 33.6 Å². The van der Waals surface area contributed by atoms with Gasteiger partial charge < -0.3 is 36.9 Å². The predicted molar refractivity (Wildman–Crippen MR) is 202 cm³/mol. The molecule has 0 spiro atoms. The molecule has 5 atom stereocenters. The molecule has 282 valence electrons. The molecule has 1 aliphatic heterocycles. The monoisotopic (exact) mass is 753 g/mol. The van der Waals surface area contributed by atoms with Crippen LogP contribution in [0.2, 0.25) is 19.6 Å². The number of nitrogens with zero attached hydrogens (tertiary/aromatic N) is 1. The number of rotatable bonds is 19. The molecule has 0 aliphatic carbocycles. The Morgan fingerprint density at radius 3 is 1.87 bits per heavy atom. The lowest BCUT2D eigenvalue weighted by Crippen LogP contribution is -2.62. The van der Waals surface area contributed by atoms with Crippen LogP contribution in [0.4, 0.5) is 0 Å². The maximum absolute atomic E-state index is 13.9. The van der Waals surface area contributed by atoms with Gasteiger partial charge in [0.05, 0.1) is 12.6 Å². The van der Waals surface area contributed by atoms with Crippen molar-refractivity contribution in [2.75, 3.05) is 18.6 Å². The zero-order chi connectivity index (χ0) is 38.4. The van der Waals surface area contributed by atoms with E-state index in [1.807, 2.05) is 62.3 Å². The van der Waals surface area contributed by atoms with Gasteiger partial charge in [0.1, 0.15) is 24.2 Å². The zero-order valence-electron chi connectivity index (χ0n) is 30.4. The van der Waals surface area contributed by atoms with Gasteiger partial charge in [0.2, 0.25) is 41.4 Å². The Hall–Kier alpha value is -4.70. The van der Waals surface area contributed by atoms with E-state index in [4.69, 9.17) is 5.73 Å². The highest BCUT2D eigenvalue weighted by atomic mass is 32.2. The summed E-state index contributed by atoms with van der Waals surface area (Å²) in [6.45, 7) is 6.75. The second kappa shape index (κ2) is 19.8. The average molecular weight is 754 g/mol. The van der Waals surface area contributed by atoms with E-state index >= 15 is 0 Å². The quantitative estimate of drug-likeness (QED) is 0.112. The van der Waals surface area contributed by atoms with Crippen LogP contribution in [-0.2, 0) is 46.4 Å². The molecule has 0 unspecified atom stereocenters. The highest BCUT2D eigenvalue weighted by Crippen LogP contribution is 2.16. The van der Waals surface area contributed by atoms with Crippen molar-refractivity contribution in [3.8, 4) is 0 Å². The van der Waals surface area contributed by atoms with Gasteiger partial charge in [0.25, 0.3) is 0 Å². The number of benzene rings is 2. The van der Waals surface area contributed by atoms with Gasteiger partial charge in [-0.25, -0.2) is 0 Å². The molecule has 2 aromatic rings. The molecular weight excluding hydrogens is 703 g/mol. The summed E-state index contributed by atoms with van der Waals surface area (Å²) in [4.78, 5) is 91.5. The molecule has 0 aromatic heterocycles. The maximum atomic E-state index is 13.9. The number of primary amides is 1. The van der Waals surface area contributed by atoms with Gasteiger partial charge in [0, 0.05) is 19.3 Å². The Balaban J connectivity index is 1.79. The van der Waals surface area contributed by atoms with Crippen molar-refractivity contribution in [1.82, 2.24) is 31.1 Å². The van der Waals surface area contributed by atoms with Gasteiger partial charge in [-0.1, -0.05) is 80.3 Å². The van der Waals surface area contributed by atoms with Crippen LogP contribution in [0.3, 0.4) is 0 Å². The first-order chi connectivity index (χ1) is 24.6. The molecule has 16 heteroatoms. The summed E-state index contributed by atoms with van der Waals surface area (Å²) in [5.41, 5.74) is 7.02. The van der Waals surface area contributed by atoms with Crippen LogP contribution in [0, 0.1) is 0 Å². The summed E-state index contributed by atoms with van der Waals surface area (Å²) in [6.07, 6.45) is 2.92. The number of nitrogens with two attached hydrogens (primary N) is 1. The first kappa shape index (κ1) is 41.7. The number of thioether (sulfide) groups is 1. The van der Waals surface area contributed by atoms with E-state index in [1.165, 1.54) is 16.3 Å². The van der Waals surface area contributed by atoms with Crippen LogP contribution in [0.5, 0.6) is 0 Å². The number of carbonyl (C=O) groups excluding carboxylic acids is 7. The Labute approximate surface area is 310 Å². The van der Waals surface area contributed by atoms with Crippen molar-refractivity contribution in [3.05, 3.63) is 71.8 Å². The summed E-state index contributed by atoms with van der Waals surface area (Å²) in [6, 6.07) is 13.2. The van der Waals surface area contributed by atoms with Crippen molar-refractivity contribution in [1.29, 1.82) is 0 Å². The van der Waals surface area contributed by atoms with Gasteiger partial charge in [-0.2, -0.15) is 11.8 Å². The molecule has 0 radical (unpaired) electrons. The SMILES string of the molecule is CSCC[C@H](NC(=O)[C@H](C)N(C(=O)CNC(=O)[C@H](Cc1ccccc1)NC(=O)[C@H](Cc1ccccc1)NC(=O)[C@@H]1CCC(=O)N1)[Si](C)(C)C)C(N)=O.